The van der Waals surface area contributed by atoms with Crippen LogP contribution in [0.3, 0.4) is 0 Å². The summed E-state index contributed by atoms with van der Waals surface area (Å²) in [6.07, 6.45) is 1.01. The Morgan fingerprint density at radius 3 is 2.36 bits per heavy atom. The van der Waals surface area contributed by atoms with E-state index in [9.17, 15) is 4.79 Å². The molecular weight excluding hydrogens is 350 g/mol. The molecular formula is C23H31N3O2. The highest BCUT2D eigenvalue weighted by molar-refractivity contribution is 5.94. The summed E-state index contributed by atoms with van der Waals surface area (Å²) in [5.41, 5.74) is 2.14. The van der Waals surface area contributed by atoms with Gasteiger partial charge in [-0.15, -0.1) is 0 Å². The van der Waals surface area contributed by atoms with Crippen LogP contribution in [0.25, 0.3) is 0 Å². The summed E-state index contributed by atoms with van der Waals surface area (Å²) >= 11 is 0. The zero-order valence-electron chi connectivity index (χ0n) is 16.9. The van der Waals surface area contributed by atoms with Crippen molar-refractivity contribution in [1.29, 1.82) is 0 Å². The lowest BCUT2D eigenvalue weighted by molar-refractivity contribution is -0.121. The lowest BCUT2D eigenvalue weighted by Gasteiger charge is -2.37. The first-order valence-electron chi connectivity index (χ1n) is 10.2. The van der Waals surface area contributed by atoms with Crippen LogP contribution in [0.1, 0.15) is 19.4 Å². The number of carbonyl (C=O) groups is 1. The molecule has 5 heteroatoms. The van der Waals surface area contributed by atoms with Gasteiger partial charge in [0, 0.05) is 38.4 Å². The number of aryl methyl sites for hydroxylation is 1. The first-order valence-corrected chi connectivity index (χ1v) is 10.2. The largest absolute Gasteiger partial charge is 0.492 e. The van der Waals surface area contributed by atoms with Crippen molar-refractivity contribution < 1.29 is 9.53 Å². The molecule has 2 aromatic rings. The number of nitrogens with one attached hydrogen (secondary N) is 1. The van der Waals surface area contributed by atoms with Gasteiger partial charge in [0.05, 0.1) is 6.04 Å². The molecule has 1 amide bonds. The minimum Gasteiger partial charge on any atom is -0.492 e. The summed E-state index contributed by atoms with van der Waals surface area (Å²) in [7, 11) is 0. The van der Waals surface area contributed by atoms with Gasteiger partial charge in [0.15, 0.2) is 0 Å². The van der Waals surface area contributed by atoms with Crippen molar-refractivity contribution in [2.75, 3.05) is 44.6 Å². The smallest absolute Gasteiger partial charge is 0.241 e. The Morgan fingerprint density at radius 1 is 1.04 bits per heavy atom. The predicted molar refractivity (Wildman–Crippen MR) is 114 cm³/mol. The van der Waals surface area contributed by atoms with Gasteiger partial charge in [-0.2, -0.15) is 0 Å². The summed E-state index contributed by atoms with van der Waals surface area (Å²) in [6, 6.07) is 17.9. The summed E-state index contributed by atoms with van der Waals surface area (Å²) in [4.78, 5) is 17.2. The second kappa shape index (κ2) is 10.2. The van der Waals surface area contributed by atoms with Gasteiger partial charge in [0.2, 0.25) is 5.91 Å². The number of piperazine rings is 1. The molecule has 0 saturated carbocycles. The van der Waals surface area contributed by atoms with E-state index in [1.54, 1.807) is 0 Å². The predicted octanol–water partition coefficient (Wildman–Crippen LogP) is 3.27. The monoisotopic (exact) mass is 381 g/mol. The number of hydrogen-bond acceptors (Lipinski definition) is 4. The fraction of sp³-hybridized carbons (Fsp3) is 0.435. The Labute approximate surface area is 168 Å². The van der Waals surface area contributed by atoms with E-state index in [1.807, 2.05) is 49.4 Å². The molecule has 1 saturated heterocycles. The van der Waals surface area contributed by atoms with Crippen molar-refractivity contribution in [3.05, 3.63) is 60.2 Å². The molecule has 1 aliphatic rings. The Kier molecular flexibility index (Phi) is 7.46. The molecule has 1 heterocycles. The minimum absolute atomic E-state index is 0.0603. The Hall–Kier alpha value is -2.37. The van der Waals surface area contributed by atoms with Crippen LogP contribution in [0.4, 0.5) is 5.69 Å². The molecule has 0 aromatic heterocycles. The number of anilines is 1. The highest BCUT2D eigenvalue weighted by Crippen LogP contribution is 2.13. The SMILES string of the molecule is CCc1ccc(NC(=O)C(C)N2CCN(CCOc3ccccc3)CC2)cc1. The number of rotatable bonds is 8. The minimum atomic E-state index is -0.131. The van der Waals surface area contributed by atoms with Crippen molar-refractivity contribution in [3.63, 3.8) is 0 Å². The summed E-state index contributed by atoms with van der Waals surface area (Å²) in [6.45, 7) is 9.43. The molecule has 2 aromatic carbocycles. The standard InChI is InChI=1S/C23H31N3O2/c1-3-20-9-11-21(12-10-20)24-23(27)19(2)26-15-13-25(14-16-26)17-18-28-22-7-5-4-6-8-22/h4-12,19H,3,13-18H2,1-2H3,(H,24,27). The molecule has 0 bridgehead atoms. The number of nitrogens with zero attached hydrogens (tertiary/aromatic N) is 2. The highest BCUT2D eigenvalue weighted by Gasteiger charge is 2.25. The van der Waals surface area contributed by atoms with E-state index in [1.165, 1.54) is 5.56 Å². The van der Waals surface area contributed by atoms with E-state index in [0.717, 1.165) is 50.6 Å². The van der Waals surface area contributed by atoms with Gasteiger partial charge < -0.3 is 10.1 Å². The Morgan fingerprint density at radius 2 is 1.71 bits per heavy atom. The molecule has 1 N–H and O–H groups in total. The van der Waals surface area contributed by atoms with Crippen molar-refractivity contribution in [2.45, 2.75) is 26.3 Å². The second-order valence-corrected chi connectivity index (χ2v) is 7.25. The molecule has 0 radical (unpaired) electrons. The zero-order chi connectivity index (χ0) is 19.8. The van der Waals surface area contributed by atoms with Crippen molar-refractivity contribution in [1.82, 2.24) is 9.80 Å². The maximum Gasteiger partial charge on any atom is 0.241 e. The summed E-state index contributed by atoms with van der Waals surface area (Å²) < 4.78 is 5.78. The van der Waals surface area contributed by atoms with Crippen molar-refractivity contribution >= 4 is 11.6 Å². The lowest BCUT2D eigenvalue weighted by atomic mass is 10.1. The van der Waals surface area contributed by atoms with Crippen LogP contribution in [0.5, 0.6) is 5.75 Å². The first kappa shape index (κ1) is 20.4. The number of para-hydroxylation sites is 1. The van der Waals surface area contributed by atoms with E-state index < -0.39 is 0 Å². The molecule has 0 spiro atoms. The van der Waals surface area contributed by atoms with Crippen LogP contribution in [0.15, 0.2) is 54.6 Å². The second-order valence-electron chi connectivity index (χ2n) is 7.25. The van der Waals surface area contributed by atoms with Gasteiger partial charge in [-0.25, -0.2) is 0 Å². The molecule has 1 aliphatic heterocycles. The van der Waals surface area contributed by atoms with Gasteiger partial charge in [-0.1, -0.05) is 37.3 Å². The van der Waals surface area contributed by atoms with Gasteiger partial charge in [-0.05, 0) is 43.2 Å². The molecule has 3 rings (SSSR count). The van der Waals surface area contributed by atoms with Gasteiger partial charge >= 0.3 is 0 Å². The molecule has 1 atom stereocenters. The summed E-state index contributed by atoms with van der Waals surface area (Å²) in [5, 5.41) is 3.04. The van der Waals surface area contributed by atoms with Crippen molar-refractivity contribution in [2.24, 2.45) is 0 Å². The fourth-order valence-electron chi connectivity index (χ4n) is 3.42. The topological polar surface area (TPSA) is 44.8 Å². The number of hydrogen-bond donors (Lipinski definition) is 1. The zero-order valence-corrected chi connectivity index (χ0v) is 16.9. The third kappa shape index (κ3) is 5.81. The Balaban J connectivity index is 1.38. The van der Waals surface area contributed by atoms with Crippen molar-refractivity contribution in [3.8, 4) is 5.75 Å². The van der Waals surface area contributed by atoms with E-state index in [2.05, 4.69) is 34.2 Å². The third-order valence-corrected chi connectivity index (χ3v) is 5.38. The van der Waals surface area contributed by atoms with E-state index in [-0.39, 0.29) is 11.9 Å². The van der Waals surface area contributed by atoms with Crippen LogP contribution in [0, 0.1) is 0 Å². The maximum atomic E-state index is 12.6. The van der Waals surface area contributed by atoms with Gasteiger partial charge in [0.1, 0.15) is 12.4 Å². The van der Waals surface area contributed by atoms with E-state index in [0.29, 0.717) is 6.61 Å². The quantitative estimate of drug-likeness (QED) is 0.762. The van der Waals surface area contributed by atoms with E-state index in [4.69, 9.17) is 4.74 Å². The third-order valence-electron chi connectivity index (χ3n) is 5.38. The normalized spacial score (nSPS) is 16.5. The molecule has 5 nitrogen and oxygen atoms in total. The van der Waals surface area contributed by atoms with E-state index >= 15 is 0 Å². The average molecular weight is 382 g/mol. The first-order chi connectivity index (χ1) is 13.7. The molecule has 1 unspecified atom stereocenters. The van der Waals surface area contributed by atoms with Crippen LogP contribution in [0.2, 0.25) is 0 Å². The van der Waals surface area contributed by atoms with Crippen LogP contribution < -0.4 is 10.1 Å². The molecule has 28 heavy (non-hydrogen) atoms. The van der Waals surface area contributed by atoms with Gasteiger partial charge in [0.25, 0.3) is 0 Å². The number of amides is 1. The average Bonchev–Trinajstić information content (AvgIpc) is 2.75. The summed E-state index contributed by atoms with van der Waals surface area (Å²) in [5.74, 6) is 0.975. The van der Waals surface area contributed by atoms with Crippen LogP contribution >= 0.6 is 0 Å². The van der Waals surface area contributed by atoms with Gasteiger partial charge in [-0.3, -0.25) is 14.6 Å². The Bertz CT molecular complexity index is 725. The highest BCUT2D eigenvalue weighted by atomic mass is 16.5. The van der Waals surface area contributed by atoms with Crippen LogP contribution in [-0.4, -0.2) is 61.1 Å². The van der Waals surface area contributed by atoms with Crippen LogP contribution in [-0.2, 0) is 11.2 Å². The molecule has 150 valence electrons. The number of carbonyl (C=O) groups excluding carboxylic acids is 1. The lowest BCUT2D eigenvalue weighted by Crippen LogP contribution is -2.53. The number of benzene rings is 2. The number of ether oxygens (including phenoxy) is 1. The molecule has 0 aliphatic carbocycles. The fourth-order valence-corrected chi connectivity index (χ4v) is 3.42. The maximum absolute atomic E-state index is 12.6. The molecule has 1 fully saturated rings.